The Morgan fingerprint density at radius 3 is 2.74 bits per heavy atom. The molecule has 1 aromatic carbocycles. The molecule has 0 saturated carbocycles. The Labute approximate surface area is 115 Å². The first-order chi connectivity index (χ1) is 8.95. The Kier molecular flexibility index (Phi) is 3.70. The number of rotatable bonds is 3. The van der Waals surface area contributed by atoms with E-state index in [-0.39, 0.29) is 11.6 Å². The molecule has 98 valence electrons. The number of halogens is 2. The van der Waals surface area contributed by atoms with Gasteiger partial charge in [-0.2, -0.15) is 4.98 Å². The minimum Gasteiger partial charge on any atom is -0.432 e. The van der Waals surface area contributed by atoms with E-state index in [2.05, 4.69) is 25.9 Å². The van der Waals surface area contributed by atoms with Gasteiger partial charge in [-0.25, -0.2) is 9.37 Å². The maximum absolute atomic E-state index is 13.0. The van der Waals surface area contributed by atoms with Crippen LogP contribution in [-0.4, -0.2) is 14.9 Å². The van der Waals surface area contributed by atoms with Crippen molar-refractivity contribution < 1.29 is 14.1 Å². The van der Waals surface area contributed by atoms with Crippen molar-refractivity contribution in [3.05, 3.63) is 50.6 Å². The van der Waals surface area contributed by atoms with Gasteiger partial charge in [0.15, 0.2) is 0 Å². The van der Waals surface area contributed by atoms with Gasteiger partial charge in [-0.3, -0.25) is 10.1 Å². The summed E-state index contributed by atoms with van der Waals surface area (Å²) in [6, 6.07) is 4.50. The highest BCUT2D eigenvalue weighted by atomic mass is 79.9. The zero-order chi connectivity index (χ0) is 14.0. The second-order valence-corrected chi connectivity index (χ2v) is 4.36. The van der Waals surface area contributed by atoms with E-state index < -0.39 is 16.4 Å². The standard InChI is InChI=1S/C11H7BrFN3O3/c1-6-14-10(12)5-11(15-6)19-9-3-2-7(13)4-8(9)16(17)18/h2-5H,1H3. The second-order valence-electron chi connectivity index (χ2n) is 3.55. The molecule has 0 amide bonds. The lowest BCUT2D eigenvalue weighted by Gasteiger charge is -2.06. The van der Waals surface area contributed by atoms with Crippen LogP contribution in [0.15, 0.2) is 28.9 Å². The van der Waals surface area contributed by atoms with Crippen molar-refractivity contribution >= 4 is 21.6 Å². The summed E-state index contributed by atoms with van der Waals surface area (Å²) in [6.45, 7) is 1.65. The van der Waals surface area contributed by atoms with Crippen molar-refractivity contribution in [1.82, 2.24) is 9.97 Å². The summed E-state index contributed by atoms with van der Waals surface area (Å²) in [6.07, 6.45) is 0. The summed E-state index contributed by atoms with van der Waals surface area (Å²) in [5.41, 5.74) is -0.465. The third-order valence-corrected chi connectivity index (χ3v) is 2.52. The van der Waals surface area contributed by atoms with Gasteiger partial charge in [-0.05, 0) is 35.0 Å². The maximum atomic E-state index is 13.0. The van der Waals surface area contributed by atoms with E-state index in [1.54, 1.807) is 6.92 Å². The number of hydrogen-bond donors (Lipinski definition) is 0. The van der Waals surface area contributed by atoms with E-state index in [0.29, 0.717) is 10.4 Å². The Balaban J connectivity index is 2.40. The number of nitrogens with zero attached hydrogens (tertiary/aromatic N) is 3. The predicted octanol–water partition coefficient (Wildman–Crippen LogP) is 3.39. The zero-order valence-corrected chi connectivity index (χ0v) is 11.2. The first-order valence-electron chi connectivity index (χ1n) is 5.08. The number of nitro groups is 1. The largest absolute Gasteiger partial charge is 0.432 e. The summed E-state index contributed by atoms with van der Waals surface area (Å²) in [7, 11) is 0. The van der Waals surface area contributed by atoms with Crippen LogP contribution in [0.2, 0.25) is 0 Å². The number of aromatic nitrogens is 2. The summed E-state index contributed by atoms with van der Waals surface area (Å²) in [5, 5.41) is 10.8. The Bertz CT molecular complexity index is 631. The van der Waals surface area contributed by atoms with E-state index in [0.717, 1.165) is 12.1 Å². The molecular weight excluding hydrogens is 321 g/mol. The molecule has 2 aromatic rings. The smallest absolute Gasteiger partial charge is 0.314 e. The van der Waals surface area contributed by atoms with Gasteiger partial charge in [-0.15, -0.1) is 0 Å². The third-order valence-electron chi connectivity index (χ3n) is 2.12. The molecule has 2 rings (SSSR count). The molecule has 1 heterocycles. The van der Waals surface area contributed by atoms with Crippen molar-refractivity contribution in [3.63, 3.8) is 0 Å². The lowest BCUT2D eigenvalue weighted by molar-refractivity contribution is -0.385. The van der Waals surface area contributed by atoms with Crippen LogP contribution < -0.4 is 4.74 Å². The normalized spacial score (nSPS) is 10.3. The fourth-order valence-corrected chi connectivity index (χ4v) is 1.84. The number of aryl methyl sites for hydroxylation is 1. The zero-order valence-electron chi connectivity index (χ0n) is 9.63. The molecule has 19 heavy (non-hydrogen) atoms. The van der Waals surface area contributed by atoms with Crippen molar-refractivity contribution in [2.24, 2.45) is 0 Å². The van der Waals surface area contributed by atoms with E-state index in [1.165, 1.54) is 12.1 Å². The molecule has 1 aromatic heterocycles. The third kappa shape index (κ3) is 3.22. The van der Waals surface area contributed by atoms with Crippen LogP contribution >= 0.6 is 15.9 Å². The van der Waals surface area contributed by atoms with Crippen LogP contribution in [0.3, 0.4) is 0 Å². The molecule has 0 atom stereocenters. The van der Waals surface area contributed by atoms with Crippen molar-refractivity contribution in [3.8, 4) is 11.6 Å². The van der Waals surface area contributed by atoms with Gasteiger partial charge in [-0.1, -0.05) is 0 Å². The van der Waals surface area contributed by atoms with E-state index in [4.69, 9.17) is 4.74 Å². The Morgan fingerprint density at radius 1 is 1.37 bits per heavy atom. The van der Waals surface area contributed by atoms with E-state index in [9.17, 15) is 14.5 Å². The van der Waals surface area contributed by atoms with Gasteiger partial charge in [0.05, 0.1) is 11.0 Å². The van der Waals surface area contributed by atoms with Crippen molar-refractivity contribution in [2.75, 3.05) is 0 Å². The van der Waals surface area contributed by atoms with Gasteiger partial charge >= 0.3 is 5.69 Å². The average Bonchev–Trinajstić information content (AvgIpc) is 2.30. The van der Waals surface area contributed by atoms with Crippen LogP contribution in [0.25, 0.3) is 0 Å². The minimum atomic E-state index is -0.721. The highest BCUT2D eigenvalue weighted by molar-refractivity contribution is 9.10. The lowest BCUT2D eigenvalue weighted by Crippen LogP contribution is -1.97. The molecule has 0 bridgehead atoms. The SMILES string of the molecule is Cc1nc(Br)cc(Oc2ccc(F)cc2[N+](=O)[O-])n1. The topological polar surface area (TPSA) is 78.2 Å². The first kappa shape index (κ1) is 13.3. The van der Waals surface area contributed by atoms with E-state index >= 15 is 0 Å². The van der Waals surface area contributed by atoms with Crippen LogP contribution in [0.4, 0.5) is 10.1 Å². The van der Waals surface area contributed by atoms with Crippen molar-refractivity contribution in [1.29, 1.82) is 0 Å². The van der Waals surface area contributed by atoms with Gasteiger partial charge in [0.2, 0.25) is 11.6 Å². The van der Waals surface area contributed by atoms with Crippen LogP contribution in [0, 0.1) is 22.9 Å². The van der Waals surface area contributed by atoms with Gasteiger partial charge in [0, 0.05) is 6.07 Å². The van der Waals surface area contributed by atoms with Gasteiger partial charge in [0.1, 0.15) is 16.2 Å². The summed E-state index contributed by atoms with van der Waals surface area (Å²) >= 11 is 3.16. The highest BCUT2D eigenvalue weighted by Gasteiger charge is 2.17. The van der Waals surface area contributed by atoms with Gasteiger partial charge in [0.25, 0.3) is 0 Å². The molecule has 8 heteroatoms. The Morgan fingerprint density at radius 2 is 2.11 bits per heavy atom. The Hall–Kier alpha value is -2.09. The molecule has 0 N–H and O–H groups in total. The summed E-state index contributed by atoms with van der Waals surface area (Å²) < 4.78 is 18.8. The molecule has 0 radical (unpaired) electrons. The first-order valence-corrected chi connectivity index (χ1v) is 5.88. The van der Waals surface area contributed by atoms with Crippen LogP contribution in [-0.2, 0) is 0 Å². The number of ether oxygens (including phenoxy) is 1. The summed E-state index contributed by atoms with van der Waals surface area (Å²) in [4.78, 5) is 18.0. The molecule has 0 aliphatic rings. The lowest BCUT2D eigenvalue weighted by atomic mass is 10.3. The van der Waals surface area contributed by atoms with Crippen LogP contribution in [0.5, 0.6) is 11.6 Å². The number of benzene rings is 1. The molecule has 0 unspecified atom stereocenters. The molecular formula is C11H7BrFN3O3. The quantitative estimate of drug-likeness (QED) is 0.490. The minimum absolute atomic E-state index is 0.0867. The highest BCUT2D eigenvalue weighted by Crippen LogP contribution is 2.31. The second kappa shape index (κ2) is 5.27. The predicted molar refractivity (Wildman–Crippen MR) is 67.6 cm³/mol. The molecule has 0 aliphatic carbocycles. The monoisotopic (exact) mass is 327 g/mol. The maximum Gasteiger partial charge on any atom is 0.314 e. The van der Waals surface area contributed by atoms with E-state index in [1.807, 2.05) is 0 Å². The number of nitro benzene ring substituents is 1. The van der Waals surface area contributed by atoms with Gasteiger partial charge < -0.3 is 4.74 Å². The molecule has 0 aliphatic heterocycles. The summed E-state index contributed by atoms with van der Waals surface area (Å²) in [5.74, 6) is -0.223. The number of hydrogen-bond acceptors (Lipinski definition) is 5. The molecule has 6 nitrogen and oxygen atoms in total. The molecule has 0 spiro atoms. The van der Waals surface area contributed by atoms with Crippen molar-refractivity contribution in [2.45, 2.75) is 6.92 Å². The fraction of sp³-hybridized carbons (Fsp3) is 0.0909. The van der Waals surface area contributed by atoms with Crippen LogP contribution in [0.1, 0.15) is 5.82 Å². The average molecular weight is 328 g/mol. The fourth-order valence-electron chi connectivity index (χ4n) is 1.39. The molecule has 0 fully saturated rings. The molecule has 0 saturated heterocycles.